The van der Waals surface area contributed by atoms with E-state index in [1.165, 1.54) is 7.11 Å². The van der Waals surface area contributed by atoms with E-state index in [1.54, 1.807) is 0 Å². The van der Waals surface area contributed by atoms with Gasteiger partial charge in [-0.25, -0.2) is 14.8 Å². The molecule has 0 unspecified atom stereocenters. The van der Waals surface area contributed by atoms with Gasteiger partial charge in [0, 0.05) is 38.2 Å². The van der Waals surface area contributed by atoms with Crippen molar-refractivity contribution in [3.05, 3.63) is 34.9 Å². The number of hydrogen-bond donors (Lipinski definition) is 3. The van der Waals surface area contributed by atoms with Crippen LogP contribution in [0.1, 0.15) is 107 Å². The maximum atomic E-state index is 13.6. The summed E-state index contributed by atoms with van der Waals surface area (Å²) in [5.74, 6) is 1.89. The van der Waals surface area contributed by atoms with Crippen LogP contribution in [0, 0.1) is 11.8 Å². The molecule has 42 heavy (non-hydrogen) atoms. The molecule has 0 aromatic carbocycles. The second-order valence-corrected chi connectivity index (χ2v) is 12.2. The van der Waals surface area contributed by atoms with Gasteiger partial charge in [0.2, 0.25) is 11.8 Å². The molecule has 12 heteroatoms. The zero-order valence-electron chi connectivity index (χ0n) is 25.3. The number of carbonyl (C=O) groups is 3. The van der Waals surface area contributed by atoms with Crippen molar-refractivity contribution in [2.45, 2.75) is 96.9 Å². The molecule has 5 rings (SSSR count). The highest BCUT2D eigenvalue weighted by Crippen LogP contribution is 2.34. The summed E-state index contributed by atoms with van der Waals surface area (Å²) in [5, 5.41) is 2.73. The van der Waals surface area contributed by atoms with E-state index in [1.807, 2.05) is 22.9 Å². The average Bonchev–Trinajstić information content (AvgIpc) is 3.79. The highest BCUT2D eigenvalue weighted by Gasteiger charge is 2.37. The SMILES string of the molecule is COC(=O)N[C@H]1CCCCOCc2[nH]c(nc2Cc2c[nH]c([C@@H]3CCCN3C(=O)[C@@H](C)C(C)C)n2)[C@@H]2CCCN2C1=O. The van der Waals surface area contributed by atoms with Crippen LogP contribution in [0.15, 0.2) is 6.20 Å². The summed E-state index contributed by atoms with van der Waals surface area (Å²) in [7, 11) is 1.30. The van der Waals surface area contributed by atoms with Crippen LogP contribution >= 0.6 is 0 Å². The molecule has 12 nitrogen and oxygen atoms in total. The summed E-state index contributed by atoms with van der Waals surface area (Å²) < 4.78 is 10.8. The fourth-order valence-electron chi connectivity index (χ4n) is 6.26. The summed E-state index contributed by atoms with van der Waals surface area (Å²) >= 11 is 0. The van der Waals surface area contributed by atoms with Gasteiger partial charge in [0.05, 0.1) is 42.9 Å². The van der Waals surface area contributed by atoms with Crippen molar-refractivity contribution in [2.75, 3.05) is 26.8 Å². The lowest BCUT2D eigenvalue weighted by Gasteiger charge is -2.28. The predicted molar refractivity (Wildman–Crippen MR) is 154 cm³/mol. The van der Waals surface area contributed by atoms with Gasteiger partial charge in [-0.1, -0.05) is 20.8 Å². The fraction of sp³-hybridized carbons (Fsp3) is 0.700. The number of aromatic nitrogens is 4. The normalized spacial score (nSPS) is 24.1. The summed E-state index contributed by atoms with van der Waals surface area (Å²) in [5.41, 5.74) is 2.58. The number of imidazole rings is 2. The molecule has 3 aliphatic rings. The number of alkyl carbamates (subject to hydrolysis) is 1. The van der Waals surface area contributed by atoms with E-state index in [4.69, 9.17) is 19.4 Å². The van der Waals surface area contributed by atoms with Gasteiger partial charge in [0.25, 0.3) is 0 Å². The first-order valence-corrected chi connectivity index (χ1v) is 15.4. The van der Waals surface area contributed by atoms with Gasteiger partial charge in [0.15, 0.2) is 0 Å². The number of nitrogens with one attached hydrogen (secondary N) is 3. The Morgan fingerprint density at radius 1 is 1.07 bits per heavy atom. The number of likely N-dealkylation sites (tertiary alicyclic amines) is 1. The lowest BCUT2D eigenvalue weighted by molar-refractivity contribution is -0.137. The Balaban J connectivity index is 1.35. The molecule has 2 fully saturated rings. The van der Waals surface area contributed by atoms with E-state index >= 15 is 0 Å². The molecule has 230 valence electrons. The molecule has 2 bridgehead atoms. The van der Waals surface area contributed by atoms with Crippen molar-refractivity contribution in [3.8, 4) is 0 Å². The van der Waals surface area contributed by atoms with E-state index in [2.05, 4.69) is 29.1 Å². The van der Waals surface area contributed by atoms with E-state index < -0.39 is 12.1 Å². The third kappa shape index (κ3) is 6.48. The number of fused-ring (bicyclic) bond motifs is 4. The summed E-state index contributed by atoms with van der Waals surface area (Å²) in [4.78, 5) is 59.3. The number of carbonyl (C=O) groups excluding carboxylic acids is 3. The van der Waals surface area contributed by atoms with Gasteiger partial charge in [-0.3, -0.25) is 9.59 Å². The minimum absolute atomic E-state index is 0.0287. The molecule has 0 radical (unpaired) electrons. The Labute approximate surface area is 247 Å². The topological polar surface area (TPSA) is 146 Å². The van der Waals surface area contributed by atoms with Crippen LogP contribution in [0.4, 0.5) is 4.79 Å². The highest BCUT2D eigenvalue weighted by atomic mass is 16.5. The molecule has 2 saturated heterocycles. The third-order valence-electron chi connectivity index (χ3n) is 9.03. The summed E-state index contributed by atoms with van der Waals surface area (Å²) in [6.45, 7) is 8.47. The molecule has 3 amide bonds. The molecule has 5 heterocycles. The van der Waals surface area contributed by atoms with Gasteiger partial charge in [-0.15, -0.1) is 0 Å². The van der Waals surface area contributed by atoms with E-state index in [9.17, 15) is 14.4 Å². The molecular weight excluding hydrogens is 538 g/mol. The van der Waals surface area contributed by atoms with Crippen LogP contribution in [0.2, 0.25) is 0 Å². The van der Waals surface area contributed by atoms with E-state index in [0.717, 1.165) is 73.8 Å². The van der Waals surface area contributed by atoms with Crippen LogP contribution < -0.4 is 5.32 Å². The molecule has 4 atom stereocenters. The molecule has 0 aliphatic carbocycles. The summed E-state index contributed by atoms with van der Waals surface area (Å²) in [6, 6.07) is -0.899. The first kappa shape index (κ1) is 30.1. The first-order chi connectivity index (χ1) is 20.3. The molecule has 0 saturated carbocycles. The second-order valence-electron chi connectivity index (χ2n) is 12.2. The van der Waals surface area contributed by atoms with Crippen molar-refractivity contribution in [1.29, 1.82) is 0 Å². The van der Waals surface area contributed by atoms with Crippen molar-refractivity contribution in [2.24, 2.45) is 11.8 Å². The van der Waals surface area contributed by atoms with Gasteiger partial charge < -0.3 is 34.6 Å². The van der Waals surface area contributed by atoms with Crippen LogP contribution in [0.25, 0.3) is 0 Å². The maximum absolute atomic E-state index is 13.6. The first-order valence-electron chi connectivity index (χ1n) is 15.4. The number of ether oxygens (including phenoxy) is 2. The smallest absolute Gasteiger partial charge is 0.407 e. The average molecular weight is 584 g/mol. The number of amides is 3. The number of rotatable bonds is 6. The number of methoxy groups -OCH3 is 1. The molecular formula is C30H45N7O5. The standard InChI is InChI=1S/C30H45N7O5/c1-18(2)19(3)28(38)36-12-7-10-24(36)26-31-16-20(32-26)15-22-23-17-42-14-6-5-9-21(35-30(40)41-4)29(39)37-13-8-11-25(37)27(33-22)34-23/h16,18-19,21,24-25H,5-15,17H2,1-4H3,(H,31,32)(H,33,34)(H,35,40)/t19-,21-,24-,25-/m0/s1. The lowest BCUT2D eigenvalue weighted by atomic mass is 9.96. The molecule has 0 spiro atoms. The quantitative estimate of drug-likeness (QED) is 0.469. The molecule has 2 aromatic heterocycles. The van der Waals surface area contributed by atoms with Gasteiger partial charge >= 0.3 is 6.09 Å². The van der Waals surface area contributed by atoms with Gasteiger partial charge in [0.1, 0.15) is 17.7 Å². The number of nitrogens with zero attached hydrogens (tertiary/aromatic N) is 4. The second kappa shape index (κ2) is 13.3. The van der Waals surface area contributed by atoms with Gasteiger partial charge in [-0.2, -0.15) is 0 Å². The van der Waals surface area contributed by atoms with Crippen molar-refractivity contribution in [3.63, 3.8) is 0 Å². The van der Waals surface area contributed by atoms with E-state index in [0.29, 0.717) is 32.6 Å². The zero-order valence-corrected chi connectivity index (χ0v) is 25.3. The Morgan fingerprint density at radius 3 is 2.64 bits per heavy atom. The molecule has 3 aliphatic heterocycles. The largest absolute Gasteiger partial charge is 0.453 e. The Kier molecular flexibility index (Phi) is 9.50. The lowest BCUT2D eigenvalue weighted by Crippen LogP contribution is -2.48. The van der Waals surface area contributed by atoms with Crippen LogP contribution in [-0.2, 0) is 32.1 Å². The van der Waals surface area contributed by atoms with Crippen molar-refractivity contribution < 1.29 is 23.9 Å². The minimum Gasteiger partial charge on any atom is -0.453 e. The zero-order chi connectivity index (χ0) is 29.8. The summed E-state index contributed by atoms with van der Waals surface area (Å²) in [6.07, 6.45) is 7.35. The highest BCUT2D eigenvalue weighted by molar-refractivity contribution is 5.86. The van der Waals surface area contributed by atoms with Crippen LogP contribution in [0.3, 0.4) is 0 Å². The number of H-pyrrole nitrogens is 2. The Hall–Kier alpha value is -3.41. The van der Waals surface area contributed by atoms with Crippen LogP contribution in [-0.4, -0.2) is 80.5 Å². The van der Waals surface area contributed by atoms with E-state index in [-0.39, 0.29) is 35.7 Å². The van der Waals surface area contributed by atoms with Gasteiger partial charge in [-0.05, 0) is 50.9 Å². The Morgan fingerprint density at radius 2 is 1.86 bits per heavy atom. The number of aromatic amines is 2. The minimum atomic E-state index is -0.652. The predicted octanol–water partition coefficient (Wildman–Crippen LogP) is 3.77. The Bertz CT molecular complexity index is 1260. The third-order valence-corrected chi connectivity index (χ3v) is 9.03. The fourth-order valence-corrected chi connectivity index (χ4v) is 6.26. The molecule has 2 aromatic rings. The monoisotopic (exact) mass is 583 g/mol. The van der Waals surface area contributed by atoms with Crippen molar-refractivity contribution in [1.82, 2.24) is 35.1 Å². The van der Waals surface area contributed by atoms with Crippen molar-refractivity contribution >= 4 is 17.9 Å². The number of hydrogen-bond acceptors (Lipinski definition) is 7. The molecule has 3 N–H and O–H groups in total. The van der Waals surface area contributed by atoms with Crippen LogP contribution in [0.5, 0.6) is 0 Å². The maximum Gasteiger partial charge on any atom is 0.407 e.